The highest BCUT2D eigenvalue weighted by Crippen LogP contribution is 2.39. The summed E-state index contributed by atoms with van der Waals surface area (Å²) in [5, 5.41) is 9.57. The van der Waals surface area contributed by atoms with Crippen molar-refractivity contribution in [1.29, 1.82) is 0 Å². The van der Waals surface area contributed by atoms with Crippen LogP contribution in [0.4, 0.5) is 0 Å². The number of carbonyl (C=O) groups is 1. The minimum absolute atomic E-state index is 0.299. The molecule has 4 nitrogen and oxygen atoms in total. The van der Waals surface area contributed by atoms with E-state index in [1.54, 1.807) is 6.92 Å². The van der Waals surface area contributed by atoms with Gasteiger partial charge < -0.3 is 9.99 Å². The Balaban J connectivity index is 2.35. The van der Waals surface area contributed by atoms with E-state index in [4.69, 9.17) is 9.78 Å². The van der Waals surface area contributed by atoms with E-state index < -0.39 is 5.97 Å². The molecule has 0 amide bonds. The SMILES string of the molecule is CCOOc1sc2c(c1C(=O)O)CCCC2. The molecule has 0 radical (unpaired) electrons. The fourth-order valence-corrected chi connectivity index (χ4v) is 3.12. The Kier molecular flexibility index (Phi) is 3.46. The average Bonchev–Trinajstić information content (AvgIpc) is 2.64. The maximum absolute atomic E-state index is 11.2. The molecule has 88 valence electrons. The van der Waals surface area contributed by atoms with Gasteiger partial charge in [-0.15, -0.1) is 0 Å². The van der Waals surface area contributed by atoms with Gasteiger partial charge >= 0.3 is 5.97 Å². The number of rotatable bonds is 4. The molecule has 0 saturated heterocycles. The highest BCUT2D eigenvalue weighted by atomic mass is 32.1. The number of aromatic carboxylic acids is 1. The summed E-state index contributed by atoms with van der Waals surface area (Å²) >= 11 is 1.40. The number of carboxylic acids is 1. The topological polar surface area (TPSA) is 55.8 Å². The van der Waals surface area contributed by atoms with Gasteiger partial charge in [0.1, 0.15) is 5.56 Å². The number of aryl methyl sites for hydroxylation is 1. The van der Waals surface area contributed by atoms with Crippen LogP contribution in [0.1, 0.15) is 40.6 Å². The van der Waals surface area contributed by atoms with Crippen LogP contribution in [0.3, 0.4) is 0 Å². The predicted octanol–water partition coefficient (Wildman–Crippen LogP) is 2.66. The van der Waals surface area contributed by atoms with E-state index in [9.17, 15) is 9.90 Å². The van der Waals surface area contributed by atoms with Crippen LogP contribution in [-0.2, 0) is 17.7 Å². The van der Waals surface area contributed by atoms with E-state index in [2.05, 4.69) is 0 Å². The van der Waals surface area contributed by atoms with Crippen molar-refractivity contribution in [2.75, 3.05) is 6.61 Å². The Labute approximate surface area is 97.7 Å². The lowest BCUT2D eigenvalue weighted by Crippen LogP contribution is -2.07. The maximum Gasteiger partial charge on any atom is 0.340 e. The zero-order chi connectivity index (χ0) is 11.5. The molecular weight excluding hydrogens is 228 g/mol. The average molecular weight is 242 g/mol. The molecule has 2 rings (SSSR count). The van der Waals surface area contributed by atoms with Crippen molar-refractivity contribution in [3.05, 3.63) is 16.0 Å². The Morgan fingerprint density at radius 3 is 2.88 bits per heavy atom. The van der Waals surface area contributed by atoms with Gasteiger partial charge in [-0.05, 0) is 38.2 Å². The molecule has 1 aliphatic carbocycles. The monoisotopic (exact) mass is 242 g/mol. The number of thiophene rings is 1. The van der Waals surface area contributed by atoms with Crippen LogP contribution in [-0.4, -0.2) is 17.7 Å². The van der Waals surface area contributed by atoms with E-state index in [1.807, 2.05) is 0 Å². The molecule has 1 aliphatic rings. The fraction of sp³-hybridized carbons (Fsp3) is 0.545. The first-order chi connectivity index (χ1) is 7.74. The highest BCUT2D eigenvalue weighted by molar-refractivity contribution is 7.14. The van der Waals surface area contributed by atoms with Gasteiger partial charge in [-0.2, -0.15) is 4.89 Å². The second-order valence-corrected chi connectivity index (χ2v) is 4.74. The van der Waals surface area contributed by atoms with E-state index in [1.165, 1.54) is 11.3 Å². The molecule has 0 aromatic carbocycles. The van der Waals surface area contributed by atoms with Gasteiger partial charge in [0.2, 0.25) is 5.06 Å². The molecule has 0 bridgehead atoms. The molecular formula is C11H14O4S. The summed E-state index contributed by atoms with van der Waals surface area (Å²) in [6.07, 6.45) is 3.97. The highest BCUT2D eigenvalue weighted by Gasteiger charge is 2.26. The van der Waals surface area contributed by atoms with Gasteiger partial charge in [0.25, 0.3) is 0 Å². The molecule has 0 unspecified atom stereocenters. The Bertz CT molecular complexity index is 397. The van der Waals surface area contributed by atoms with Crippen molar-refractivity contribution < 1.29 is 19.7 Å². The zero-order valence-corrected chi connectivity index (χ0v) is 9.93. The lowest BCUT2D eigenvalue weighted by atomic mass is 9.96. The van der Waals surface area contributed by atoms with Gasteiger partial charge in [0.05, 0.1) is 6.61 Å². The third kappa shape index (κ3) is 2.05. The van der Waals surface area contributed by atoms with Crippen LogP contribution in [0.25, 0.3) is 0 Å². The normalized spacial score (nSPS) is 14.6. The van der Waals surface area contributed by atoms with Gasteiger partial charge in [0.15, 0.2) is 0 Å². The standard InChI is InChI=1S/C11H14O4S/c1-2-14-15-11-9(10(12)13)7-5-3-4-6-8(7)16-11/h2-6H2,1H3,(H,12,13). The molecule has 1 N–H and O–H groups in total. The molecule has 16 heavy (non-hydrogen) atoms. The molecule has 0 aliphatic heterocycles. The summed E-state index contributed by atoms with van der Waals surface area (Å²) in [6.45, 7) is 2.20. The summed E-state index contributed by atoms with van der Waals surface area (Å²) in [7, 11) is 0. The Hall–Kier alpha value is -1.07. The Morgan fingerprint density at radius 2 is 2.19 bits per heavy atom. The van der Waals surface area contributed by atoms with Crippen molar-refractivity contribution in [1.82, 2.24) is 0 Å². The van der Waals surface area contributed by atoms with Gasteiger partial charge in [-0.25, -0.2) is 4.79 Å². The van der Waals surface area contributed by atoms with Crippen LogP contribution in [0.2, 0.25) is 0 Å². The van der Waals surface area contributed by atoms with Crippen molar-refractivity contribution >= 4 is 17.3 Å². The molecule has 0 spiro atoms. The largest absolute Gasteiger partial charge is 0.478 e. The van der Waals surface area contributed by atoms with Crippen LogP contribution in [0, 0.1) is 0 Å². The van der Waals surface area contributed by atoms with Gasteiger partial charge in [-0.1, -0.05) is 11.3 Å². The quantitative estimate of drug-likeness (QED) is 0.651. The molecule has 0 fully saturated rings. The summed E-state index contributed by atoms with van der Waals surface area (Å²) in [4.78, 5) is 22.2. The predicted molar refractivity (Wildman–Crippen MR) is 60.2 cm³/mol. The molecule has 0 atom stereocenters. The van der Waals surface area contributed by atoms with E-state index in [-0.39, 0.29) is 0 Å². The van der Waals surface area contributed by atoms with Crippen molar-refractivity contribution in [3.63, 3.8) is 0 Å². The van der Waals surface area contributed by atoms with E-state index >= 15 is 0 Å². The number of hydrogen-bond acceptors (Lipinski definition) is 4. The second kappa shape index (κ2) is 4.84. The minimum Gasteiger partial charge on any atom is -0.478 e. The number of fused-ring (bicyclic) bond motifs is 1. The lowest BCUT2D eigenvalue weighted by molar-refractivity contribution is -0.199. The van der Waals surface area contributed by atoms with Gasteiger partial charge in [-0.3, -0.25) is 0 Å². The van der Waals surface area contributed by atoms with Crippen molar-refractivity contribution in [2.24, 2.45) is 0 Å². The molecule has 1 aromatic heterocycles. The Morgan fingerprint density at radius 1 is 1.44 bits per heavy atom. The first-order valence-corrected chi connectivity index (χ1v) is 6.23. The number of hydrogen-bond donors (Lipinski definition) is 1. The molecule has 5 heteroatoms. The van der Waals surface area contributed by atoms with Crippen LogP contribution >= 0.6 is 11.3 Å². The third-order valence-corrected chi connectivity index (χ3v) is 3.76. The van der Waals surface area contributed by atoms with E-state index in [0.717, 1.165) is 36.1 Å². The van der Waals surface area contributed by atoms with Crippen molar-refractivity contribution in [3.8, 4) is 5.06 Å². The second-order valence-electron chi connectivity index (χ2n) is 3.67. The number of carboxylic acid groups (broad SMARTS) is 1. The van der Waals surface area contributed by atoms with Crippen LogP contribution in [0.15, 0.2) is 0 Å². The maximum atomic E-state index is 11.2. The first kappa shape index (κ1) is 11.4. The van der Waals surface area contributed by atoms with E-state index in [0.29, 0.717) is 17.2 Å². The lowest BCUT2D eigenvalue weighted by Gasteiger charge is -2.10. The van der Waals surface area contributed by atoms with Gasteiger partial charge in [0, 0.05) is 4.88 Å². The zero-order valence-electron chi connectivity index (χ0n) is 9.12. The smallest absolute Gasteiger partial charge is 0.340 e. The third-order valence-electron chi connectivity index (χ3n) is 2.61. The molecule has 0 saturated carbocycles. The summed E-state index contributed by atoms with van der Waals surface area (Å²) in [5.74, 6) is -0.922. The summed E-state index contributed by atoms with van der Waals surface area (Å²) in [5.41, 5.74) is 1.24. The van der Waals surface area contributed by atoms with Crippen LogP contribution in [0.5, 0.6) is 5.06 Å². The fourth-order valence-electron chi connectivity index (χ4n) is 1.93. The van der Waals surface area contributed by atoms with Crippen molar-refractivity contribution in [2.45, 2.75) is 32.6 Å². The summed E-state index contributed by atoms with van der Waals surface area (Å²) < 4.78 is 0. The molecule has 1 heterocycles. The first-order valence-electron chi connectivity index (χ1n) is 5.41. The minimum atomic E-state index is -0.922. The summed E-state index contributed by atoms with van der Waals surface area (Å²) in [6, 6.07) is 0. The molecule has 1 aromatic rings. The van der Waals surface area contributed by atoms with Crippen LogP contribution < -0.4 is 4.89 Å².